The average molecular weight is 424 g/mol. The number of hydrogen-bond acceptors (Lipinski definition) is 4. The van der Waals surface area contributed by atoms with E-state index in [0.29, 0.717) is 6.10 Å². The molecule has 1 saturated carbocycles. The van der Waals surface area contributed by atoms with Crippen molar-refractivity contribution in [2.75, 3.05) is 20.2 Å². The van der Waals surface area contributed by atoms with Gasteiger partial charge in [-0.25, -0.2) is 0 Å². The summed E-state index contributed by atoms with van der Waals surface area (Å²) in [6.45, 7) is 9.47. The van der Waals surface area contributed by atoms with Crippen LogP contribution < -0.4 is 4.74 Å². The Morgan fingerprint density at radius 3 is 2.58 bits per heavy atom. The third kappa shape index (κ3) is 5.23. The normalized spacial score (nSPS) is 24.6. The minimum atomic E-state index is -0.0814. The van der Waals surface area contributed by atoms with E-state index in [9.17, 15) is 4.79 Å². The molecule has 31 heavy (non-hydrogen) atoms. The molecule has 0 amide bonds. The van der Waals surface area contributed by atoms with Crippen molar-refractivity contribution in [3.05, 3.63) is 41.5 Å². The van der Waals surface area contributed by atoms with Gasteiger partial charge in [-0.15, -0.1) is 0 Å². The second-order valence-electron chi connectivity index (χ2n) is 9.94. The molecule has 2 aromatic rings. The Balaban J connectivity index is 1.41. The largest absolute Gasteiger partial charge is 0.490 e. The van der Waals surface area contributed by atoms with Crippen molar-refractivity contribution >= 4 is 16.7 Å². The van der Waals surface area contributed by atoms with E-state index in [-0.39, 0.29) is 11.9 Å². The SMILES string of the molecule is COC(=O)C1CCN(Cc2ccc3cc(O[C@H]4CC[C@H](C(C)C)CC4)cc(C)c3c2)C1. The average Bonchev–Trinajstić information content (AvgIpc) is 3.22. The van der Waals surface area contributed by atoms with Crippen LogP contribution in [0.2, 0.25) is 0 Å². The number of aryl methyl sites for hydroxylation is 1. The zero-order valence-electron chi connectivity index (χ0n) is 19.5. The van der Waals surface area contributed by atoms with Gasteiger partial charge in [0.15, 0.2) is 0 Å². The molecule has 168 valence electrons. The molecule has 0 aromatic heterocycles. The first-order chi connectivity index (χ1) is 14.9. The van der Waals surface area contributed by atoms with Crippen molar-refractivity contribution in [1.82, 2.24) is 4.90 Å². The van der Waals surface area contributed by atoms with Gasteiger partial charge in [-0.3, -0.25) is 9.69 Å². The van der Waals surface area contributed by atoms with Crippen LogP contribution in [-0.4, -0.2) is 37.2 Å². The van der Waals surface area contributed by atoms with Gasteiger partial charge in [-0.1, -0.05) is 26.0 Å². The Labute approximate surface area is 186 Å². The molecular formula is C27H37NO3. The Bertz CT molecular complexity index is 914. The van der Waals surface area contributed by atoms with Crippen LogP contribution in [0, 0.1) is 24.7 Å². The van der Waals surface area contributed by atoms with Gasteiger partial charge in [0.2, 0.25) is 0 Å². The number of hydrogen-bond donors (Lipinski definition) is 0. The Kier molecular flexibility index (Phi) is 6.86. The predicted molar refractivity (Wildman–Crippen MR) is 125 cm³/mol. The number of likely N-dealkylation sites (tertiary alicyclic amines) is 1. The highest BCUT2D eigenvalue weighted by Gasteiger charge is 2.29. The maximum atomic E-state index is 11.8. The highest BCUT2D eigenvalue weighted by molar-refractivity contribution is 5.87. The summed E-state index contributed by atoms with van der Waals surface area (Å²) in [4.78, 5) is 14.1. The molecule has 0 N–H and O–H groups in total. The van der Waals surface area contributed by atoms with Gasteiger partial charge in [-0.2, -0.15) is 0 Å². The van der Waals surface area contributed by atoms with Crippen LogP contribution in [-0.2, 0) is 16.1 Å². The van der Waals surface area contributed by atoms with Crippen LogP contribution in [0.4, 0.5) is 0 Å². The number of rotatable bonds is 6. The van der Waals surface area contributed by atoms with E-state index in [1.807, 2.05) is 0 Å². The quantitative estimate of drug-likeness (QED) is 0.556. The maximum absolute atomic E-state index is 11.8. The molecule has 1 aliphatic carbocycles. The topological polar surface area (TPSA) is 38.8 Å². The highest BCUT2D eigenvalue weighted by atomic mass is 16.5. The lowest BCUT2D eigenvalue weighted by Gasteiger charge is -2.31. The van der Waals surface area contributed by atoms with Crippen molar-refractivity contribution in [1.29, 1.82) is 0 Å². The molecule has 2 aromatic carbocycles. The van der Waals surface area contributed by atoms with Gasteiger partial charge in [0.05, 0.1) is 19.1 Å². The number of fused-ring (bicyclic) bond motifs is 1. The molecule has 2 aliphatic rings. The number of benzene rings is 2. The molecule has 0 radical (unpaired) electrons. The predicted octanol–water partition coefficient (Wildman–Crippen LogP) is 5.74. The zero-order valence-corrected chi connectivity index (χ0v) is 19.5. The molecule has 4 heteroatoms. The molecule has 1 unspecified atom stereocenters. The van der Waals surface area contributed by atoms with Gasteiger partial charge in [-0.05, 0) is 97.5 Å². The van der Waals surface area contributed by atoms with Crippen molar-refractivity contribution in [2.24, 2.45) is 17.8 Å². The fourth-order valence-electron chi connectivity index (χ4n) is 5.38. The van der Waals surface area contributed by atoms with E-state index < -0.39 is 0 Å². The smallest absolute Gasteiger partial charge is 0.310 e. The van der Waals surface area contributed by atoms with Gasteiger partial charge in [0.25, 0.3) is 0 Å². The molecule has 2 fully saturated rings. The van der Waals surface area contributed by atoms with Gasteiger partial charge in [0, 0.05) is 13.1 Å². The van der Waals surface area contributed by atoms with Crippen molar-refractivity contribution < 1.29 is 14.3 Å². The summed E-state index contributed by atoms with van der Waals surface area (Å²) in [7, 11) is 1.48. The van der Waals surface area contributed by atoms with Crippen molar-refractivity contribution in [3.8, 4) is 5.75 Å². The summed E-state index contributed by atoms with van der Waals surface area (Å²) in [5.41, 5.74) is 2.56. The molecule has 4 rings (SSSR count). The zero-order chi connectivity index (χ0) is 22.0. The van der Waals surface area contributed by atoms with Crippen molar-refractivity contribution in [2.45, 2.75) is 65.5 Å². The number of carbonyl (C=O) groups is 1. The van der Waals surface area contributed by atoms with E-state index >= 15 is 0 Å². The van der Waals surface area contributed by atoms with Crippen LogP contribution in [0.1, 0.15) is 57.1 Å². The van der Waals surface area contributed by atoms with Crippen LogP contribution in [0.3, 0.4) is 0 Å². The number of esters is 1. The van der Waals surface area contributed by atoms with Gasteiger partial charge < -0.3 is 9.47 Å². The lowest BCUT2D eigenvalue weighted by Crippen LogP contribution is -2.26. The lowest BCUT2D eigenvalue weighted by molar-refractivity contribution is -0.144. The molecule has 1 saturated heterocycles. The summed E-state index contributed by atoms with van der Waals surface area (Å²) in [5.74, 6) is 2.58. The third-order valence-electron chi connectivity index (χ3n) is 7.38. The Morgan fingerprint density at radius 1 is 1.10 bits per heavy atom. The third-order valence-corrected chi connectivity index (χ3v) is 7.38. The highest BCUT2D eigenvalue weighted by Crippen LogP contribution is 2.34. The maximum Gasteiger partial charge on any atom is 0.310 e. The minimum Gasteiger partial charge on any atom is -0.490 e. The van der Waals surface area contributed by atoms with E-state index in [4.69, 9.17) is 9.47 Å². The molecule has 1 atom stereocenters. The molecule has 0 spiro atoms. The molecule has 4 nitrogen and oxygen atoms in total. The van der Waals surface area contributed by atoms with Crippen molar-refractivity contribution in [3.63, 3.8) is 0 Å². The minimum absolute atomic E-state index is 0.0162. The number of ether oxygens (including phenoxy) is 2. The monoisotopic (exact) mass is 423 g/mol. The van der Waals surface area contributed by atoms with Crippen LogP contribution in [0.5, 0.6) is 5.75 Å². The van der Waals surface area contributed by atoms with Crippen LogP contribution in [0.25, 0.3) is 10.8 Å². The molecule has 1 heterocycles. The van der Waals surface area contributed by atoms with Crippen LogP contribution >= 0.6 is 0 Å². The van der Waals surface area contributed by atoms with Gasteiger partial charge >= 0.3 is 5.97 Å². The summed E-state index contributed by atoms with van der Waals surface area (Å²) in [5, 5.41) is 2.53. The molecule has 1 aliphatic heterocycles. The van der Waals surface area contributed by atoms with Gasteiger partial charge in [0.1, 0.15) is 5.75 Å². The number of carbonyl (C=O) groups excluding carboxylic acids is 1. The Morgan fingerprint density at radius 2 is 1.87 bits per heavy atom. The molecular weight excluding hydrogens is 386 g/mol. The summed E-state index contributed by atoms with van der Waals surface area (Å²) in [6, 6.07) is 11.1. The van der Waals surface area contributed by atoms with E-state index in [1.54, 1.807) is 0 Å². The first-order valence-electron chi connectivity index (χ1n) is 11.9. The first-order valence-corrected chi connectivity index (χ1v) is 11.9. The standard InChI is InChI=1S/C27H37NO3/c1-18(2)21-7-9-24(10-8-21)31-25-13-19(3)26-14-20(5-6-22(26)15-25)16-28-12-11-23(17-28)27(29)30-4/h5-6,13-15,18,21,23-24H,7-12,16-17H2,1-4H3/t21-,23?,24-. The summed E-state index contributed by atoms with van der Waals surface area (Å²) < 4.78 is 11.3. The fraction of sp³-hybridized carbons (Fsp3) is 0.593. The second-order valence-corrected chi connectivity index (χ2v) is 9.94. The second kappa shape index (κ2) is 9.60. The van der Waals surface area contributed by atoms with E-state index in [1.165, 1.54) is 54.7 Å². The Hall–Kier alpha value is -2.07. The first kappa shape index (κ1) is 22.1. The van der Waals surface area contributed by atoms with E-state index in [2.05, 4.69) is 56.0 Å². The summed E-state index contributed by atoms with van der Waals surface area (Å²) >= 11 is 0. The summed E-state index contributed by atoms with van der Waals surface area (Å²) in [6.07, 6.45) is 6.14. The van der Waals surface area contributed by atoms with Crippen LogP contribution in [0.15, 0.2) is 30.3 Å². The number of methoxy groups -OCH3 is 1. The van der Waals surface area contributed by atoms with E-state index in [0.717, 1.165) is 43.6 Å². The fourth-order valence-corrected chi connectivity index (χ4v) is 5.38. The number of nitrogens with zero attached hydrogens (tertiary/aromatic N) is 1. The lowest BCUT2D eigenvalue weighted by atomic mass is 9.80. The molecule has 0 bridgehead atoms.